The summed E-state index contributed by atoms with van der Waals surface area (Å²) < 4.78 is 0. The van der Waals surface area contributed by atoms with Crippen LogP contribution in [-0.2, 0) is 4.79 Å². The molecule has 21 heavy (non-hydrogen) atoms. The van der Waals surface area contributed by atoms with E-state index < -0.39 is 5.54 Å². The first-order valence-corrected chi connectivity index (χ1v) is 8.25. The molecule has 3 N–H and O–H groups in total. The fourth-order valence-electron chi connectivity index (χ4n) is 2.80. The van der Waals surface area contributed by atoms with Gasteiger partial charge in [0.15, 0.2) is 0 Å². The molecule has 0 spiro atoms. The second-order valence-electron chi connectivity index (χ2n) is 7.01. The molecule has 1 aliphatic rings. The van der Waals surface area contributed by atoms with Gasteiger partial charge in [0, 0.05) is 25.2 Å². The van der Waals surface area contributed by atoms with Crippen LogP contribution in [0.25, 0.3) is 0 Å². The summed E-state index contributed by atoms with van der Waals surface area (Å²) in [6.45, 7) is 9.49. The van der Waals surface area contributed by atoms with E-state index >= 15 is 0 Å². The Morgan fingerprint density at radius 3 is 2.38 bits per heavy atom. The van der Waals surface area contributed by atoms with Crippen molar-refractivity contribution in [1.82, 2.24) is 15.1 Å². The molecule has 2 unspecified atom stereocenters. The molecule has 0 bridgehead atoms. The molecule has 1 fully saturated rings. The van der Waals surface area contributed by atoms with Crippen LogP contribution in [-0.4, -0.2) is 67.1 Å². The largest absolute Gasteiger partial charge is 0.368 e. The average molecular weight is 298 g/mol. The van der Waals surface area contributed by atoms with Crippen molar-refractivity contribution >= 4 is 5.91 Å². The summed E-state index contributed by atoms with van der Waals surface area (Å²) >= 11 is 0. The predicted molar refractivity (Wildman–Crippen MR) is 88.3 cm³/mol. The van der Waals surface area contributed by atoms with E-state index in [4.69, 9.17) is 5.73 Å². The minimum Gasteiger partial charge on any atom is -0.368 e. The maximum absolute atomic E-state index is 11.9. The van der Waals surface area contributed by atoms with Gasteiger partial charge in [0.25, 0.3) is 0 Å². The lowest BCUT2D eigenvalue weighted by Gasteiger charge is -2.36. The van der Waals surface area contributed by atoms with Crippen LogP contribution >= 0.6 is 0 Å². The molecule has 1 amide bonds. The van der Waals surface area contributed by atoms with Gasteiger partial charge in [-0.2, -0.15) is 0 Å². The van der Waals surface area contributed by atoms with Crippen molar-refractivity contribution < 1.29 is 4.79 Å². The predicted octanol–water partition coefficient (Wildman–Crippen LogP) is 1.03. The van der Waals surface area contributed by atoms with Crippen LogP contribution in [0.15, 0.2) is 0 Å². The van der Waals surface area contributed by atoms with Gasteiger partial charge >= 0.3 is 0 Å². The number of nitrogens with zero attached hydrogens (tertiary/aromatic N) is 2. The summed E-state index contributed by atoms with van der Waals surface area (Å²) in [5.74, 6) is -0.231. The highest BCUT2D eigenvalue weighted by molar-refractivity contribution is 5.84. The molecule has 0 aromatic carbocycles. The molecule has 1 rings (SSSR count). The summed E-state index contributed by atoms with van der Waals surface area (Å²) in [6, 6.07) is 0.824. The highest BCUT2D eigenvalue weighted by Gasteiger charge is 2.38. The smallest absolute Gasteiger partial charge is 0.237 e. The maximum atomic E-state index is 11.9. The quantitative estimate of drug-likeness (QED) is 0.598. The third-order valence-corrected chi connectivity index (χ3v) is 4.32. The van der Waals surface area contributed by atoms with E-state index in [0.29, 0.717) is 12.1 Å². The van der Waals surface area contributed by atoms with Crippen molar-refractivity contribution in [2.45, 2.75) is 64.1 Å². The summed E-state index contributed by atoms with van der Waals surface area (Å²) in [5, 5.41) is 3.45. The topological polar surface area (TPSA) is 61.6 Å². The van der Waals surface area contributed by atoms with Crippen molar-refractivity contribution in [2.75, 3.05) is 33.7 Å². The van der Waals surface area contributed by atoms with E-state index in [2.05, 4.69) is 43.1 Å². The molecule has 0 radical (unpaired) electrons. The van der Waals surface area contributed by atoms with E-state index in [-0.39, 0.29) is 5.91 Å². The van der Waals surface area contributed by atoms with Gasteiger partial charge in [-0.05, 0) is 60.2 Å². The monoisotopic (exact) mass is 298 g/mol. The second-order valence-corrected chi connectivity index (χ2v) is 7.01. The lowest BCUT2D eigenvalue weighted by molar-refractivity contribution is -0.124. The van der Waals surface area contributed by atoms with Crippen LogP contribution in [0, 0.1) is 0 Å². The average Bonchev–Trinajstić information content (AvgIpc) is 3.17. The Bertz CT molecular complexity index is 330. The van der Waals surface area contributed by atoms with Gasteiger partial charge < -0.3 is 16.0 Å². The number of rotatable bonds is 11. The van der Waals surface area contributed by atoms with Gasteiger partial charge in [0.2, 0.25) is 5.91 Å². The number of primary amides is 1. The first kappa shape index (κ1) is 18.4. The number of likely N-dealkylation sites (N-methyl/N-ethyl adjacent to an activating group) is 1. The molecule has 0 saturated heterocycles. The van der Waals surface area contributed by atoms with Crippen LogP contribution in [0.4, 0.5) is 0 Å². The fraction of sp³-hybridized carbons (Fsp3) is 0.938. The van der Waals surface area contributed by atoms with Crippen LogP contribution in [0.2, 0.25) is 0 Å². The second kappa shape index (κ2) is 8.11. The van der Waals surface area contributed by atoms with Crippen molar-refractivity contribution in [2.24, 2.45) is 5.73 Å². The maximum Gasteiger partial charge on any atom is 0.237 e. The summed E-state index contributed by atoms with van der Waals surface area (Å²) in [5.41, 5.74) is 5.07. The summed E-state index contributed by atoms with van der Waals surface area (Å²) in [6.07, 6.45) is 4.22. The third kappa shape index (κ3) is 6.32. The van der Waals surface area contributed by atoms with Crippen molar-refractivity contribution in [3.05, 3.63) is 0 Å². The van der Waals surface area contributed by atoms with Crippen molar-refractivity contribution in [3.8, 4) is 0 Å². The van der Waals surface area contributed by atoms with Crippen LogP contribution < -0.4 is 11.1 Å². The van der Waals surface area contributed by atoms with Gasteiger partial charge in [0.1, 0.15) is 0 Å². The molecule has 0 aromatic heterocycles. The Morgan fingerprint density at radius 1 is 1.33 bits per heavy atom. The molecule has 0 aliphatic heterocycles. The first-order valence-electron chi connectivity index (χ1n) is 8.25. The lowest BCUT2D eigenvalue weighted by Crippen LogP contribution is -2.57. The zero-order chi connectivity index (χ0) is 16.0. The zero-order valence-electron chi connectivity index (χ0n) is 14.5. The molecule has 1 saturated carbocycles. The Labute approximate surface area is 130 Å². The SMILES string of the molecule is CCCN(CCN(C)C)C(C)CC(C)(NC1CC1)C(N)=O. The molecular weight excluding hydrogens is 264 g/mol. The third-order valence-electron chi connectivity index (χ3n) is 4.32. The molecule has 0 heterocycles. The van der Waals surface area contributed by atoms with Gasteiger partial charge in [-0.25, -0.2) is 0 Å². The number of hydrogen-bond acceptors (Lipinski definition) is 4. The molecule has 5 nitrogen and oxygen atoms in total. The minimum absolute atomic E-state index is 0.231. The standard InChI is InChI=1S/C16H34N4O/c1-6-9-20(11-10-19(4)5)13(2)12-16(3,15(17)21)18-14-7-8-14/h13-14,18H,6-12H2,1-5H3,(H2,17,21). The van der Waals surface area contributed by atoms with Gasteiger partial charge in [-0.15, -0.1) is 0 Å². The highest BCUT2D eigenvalue weighted by Crippen LogP contribution is 2.25. The van der Waals surface area contributed by atoms with Crippen molar-refractivity contribution in [1.29, 1.82) is 0 Å². The number of carbonyl (C=O) groups is 1. The van der Waals surface area contributed by atoms with Crippen LogP contribution in [0.5, 0.6) is 0 Å². The van der Waals surface area contributed by atoms with Crippen LogP contribution in [0.3, 0.4) is 0 Å². The fourth-order valence-corrected chi connectivity index (χ4v) is 2.80. The van der Waals surface area contributed by atoms with Crippen LogP contribution in [0.1, 0.15) is 46.5 Å². The molecule has 5 heteroatoms. The molecular formula is C16H34N4O. The Balaban J connectivity index is 2.62. The normalized spacial score (nSPS) is 19.8. The minimum atomic E-state index is -0.593. The zero-order valence-corrected chi connectivity index (χ0v) is 14.5. The van der Waals surface area contributed by atoms with Gasteiger partial charge in [-0.3, -0.25) is 9.69 Å². The number of amides is 1. The number of carbonyl (C=O) groups excluding carboxylic acids is 1. The lowest BCUT2D eigenvalue weighted by atomic mass is 9.91. The summed E-state index contributed by atoms with van der Waals surface area (Å²) in [4.78, 5) is 16.6. The van der Waals surface area contributed by atoms with E-state index in [1.54, 1.807) is 0 Å². The number of nitrogens with two attached hydrogens (primary N) is 1. The Hall–Kier alpha value is -0.650. The number of hydrogen-bond donors (Lipinski definition) is 2. The first-order chi connectivity index (χ1) is 9.78. The molecule has 0 aromatic rings. The molecule has 2 atom stereocenters. The van der Waals surface area contributed by atoms with E-state index in [1.165, 1.54) is 0 Å². The Kier molecular flexibility index (Phi) is 7.10. The van der Waals surface area contributed by atoms with Gasteiger partial charge in [0.05, 0.1) is 5.54 Å². The number of nitrogens with one attached hydrogen (secondary N) is 1. The molecule has 1 aliphatic carbocycles. The summed E-state index contributed by atoms with van der Waals surface area (Å²) in [7, 11) is 4.19. The molecule has 124 valence electrons. The highest BCUT2D eigenvalue weighted by atomic mass is 16.1. The van der Waals surface area contributed by atoms with E-state index in [9.17, 15) is 4.79 Å². The van der Waals surface area contributed by atoms with Crippen molar-refractivity contribution in [3.63, 3.8) is 0 Å². The van der Waals surface area contributed by atoms with Gasteiger partial charge in [-0.1, -0.05) is 6.92 Å². The van der Waals surface area contributed by atoms with E-state index in [1.807, 2.05) is 6.92 Å². The van der Waals surface area contributed by atoms with E-state index in [0.717, 1.165) is 45.3 Å². The Morgan fingerprint density at radius 2 is 1.95 bits per heavy atom.